The lowest BCUT2D eigenvalue weighted by atomic mass is 9.89. The highest BCUT2D eigenvalue weighted by Gasteiger charge is 2.42. The van der Waals surface area contributed by atoms with Gasteiger partial charge in [0.15, 0.2) is 0 Å². The maximum absolute atomic E-state index is 13.4. The van der Waals surface area contributed by atoms with E-state index in [9.17, 15) is 49.1 Å². The van der Waals surface area contributed by atoms with Gasteiger partial charge in [-0.25, -0.2) is 14.4 Å². The lowest BCUT2D eigenvalue weighted by Gasteiger charge is -2.20. The normalized spacial score (nSPS) is 16.8. The predicted octanol–water partition coefficient (Wildman–Crippen LogP) is 28.4. The molecule has 4 saturated heterocycles. The predicted molar refractivity (Wildman–Crippen MR) is 518 cm³/mol. The molecule has 13 nitrogen and oxygen atoms in total. The van der Waals surface area contributed by atoms with Crippen LogP contribution in [-0.2, 0) is 58.2 Å². The topological polar surface area (TPSA) is 132 Å². The third-order valence-electron chi connectivity index (χ3n) is 25.5. The number of alkyl halides is 6. The van der Waals surface area contributed by atoms with Crippen molar-refractivity contribution in [1.82, 2.24) is 28.6 Å². The molecule has 4 heterocycles. The van der Waals surface area contributed by atoms with Crippen LogP contribution < -0.4 is 4.72 Å². The average molecular weight is 1810 g/mol. The Morgan fingerprint density at radius 3 is 1.16 bits per heavy atom. The first-order valence-corrected chi connectivity index (χ1v) is 46.9. The number of hydrogen-bond donors (Lipinski definition) is 1. The Bertz CT molecular complexity index is 6330. The molecule has 4 amide bonds. The van der Waals surface area contributed by atoms with Crippen LogP contribution in [0, 0.1) is 69.2 Å². The minimum atomic E-state index is -4.50. The molecule has 4 fully saturated rings. The number of aryl methyl sites for hydroxylation is 10. The van der Waals surface area contributed by atoms with Crippen molar-refractivity contribution in [1.29, 1.82) is 0 Å². The molecule has 16 rings (SSSR count). The molecule has 132 heavy (non-hydrogen) atoms. The lowest BCUT2D eigenvalue weighted by Crippen LogP contribution is -2.29. The van der Waals surface area contributed by atoms with E-state index in [-0.39, 0.29) is 50.4 Å². The van der Waals surface area contributed by atoms with E-state index in [4.69, 9.17) is 9.47 Å². The zero-order valence-corrected chi connectivity index (χ0v) is 80.0. The maximum Gasteiger partial charge on any atom is 0.416 e. The molecule has 0 aromatic heterocycles. The fraction of sp³-hybridized carbons (Fsp3) is 0.330. The molecule has 4 aliphatic heterocycles. The summed E-state index contributed by atoms with van der Waals surface area (Å²) in [7, 11) is -1.98. The Morgan fingerprint density at radius 1 is 0.356 bits per heavy atom. The molecule has 0 radical (unpaired) electrons. The number of rotatable bonds is 20. The third-order valence-corrected chi connectivity index (χ3v) is 27.0. The van der Waals surface area contributed by atoms with E-state index < -0.39 is 51.9 Å². The number of urea groups is 1. The molecule has 1 N–H and O–H groups in total. The van der Waals surface area contributed by atoms with Gasteiger partial charge in [-0.15, -0.1) is 0 Å². The second kappa shape index (κ2) is 40.9. The summed E-state index contributed by atoms with van der Waals surface area (Å²) in [5.74, 6) is 1.66. The summed E-state index contributed by atoms with van der Waals surface area (Å²) in [5, 5.41) is 0. The van der Waals surface area contributed by atoms with Gasteiger partial charge in [-0.3, -0.25) is 9.80 Å². The van der Waals surface area contributed by atoms with Crippen LogP contribution in [0.25, 0.3) is 44.5 Å². The standard InChI is InChI=1S/C29H30F3NO2.C28H31F3N2O2S.C28H32N2O.C27H29NO2/c1-17(2)22-8-7-20(5)25(14-22)24-9-6-18(3)12-26(24)27-16-33(28(34)35-27)15-21-10-19(4)11-23(13-21)29(30,31)32;1-17(2)21-8-7-20(5)26(14-21)25-9-6-18(3)10-23(25)15-33-16-27(32-36(33,34)35)22-11-19(4)12-24(13-22)28(29,30)31;1-19(2)23-13-12-21(4)26(16-23)25-14-11-20(3)15-24(25)17-30-18-27(29(5)28(30)31)22-9-7-6-8-10-22;1-18(2)22-12-11-20(4)24(15-22)23-13-10-19(3)14-25(23)26-17-28(27(29)30-26)16-21-8-6-5-7-9-21/h6-14,17,27H,15-16H2,1-5H3;6-14,17,27,32H,15-16H2,1-5H3;6-16,19,27H,17-18H2,1-5H3;5-15,18,26H,16-17H2,1-4H3/t;;27-;/m..0./s1. The number of nitrogens with zero attached hydrogens (tertiary/aromatic N) is 5. The van der Waals surface area contributed by atoms with Gasteiger partial charge in [-0.05, 0) is 240 Å². The number of carbonyl (C=O) groups excluding carboxylic acids is 3. The summed E-state index contributed by atoms with van der Waals surface area (Å²) < 4.78 is 121. The van der Waals surface area contributed by atoms with Gasteiger partial charge < -0.3 is 19.3 Å². The first-order valence-electron chi connectivity index (χ1n) is 45.4. The van der Waals surface area contributed by atoms with E-state index in [1.165, 1.54) is 81.5 Å². The van der Waals surface area contributed by atoms with Crippen molar-refractivity contribution in [3.63, 3.8) is 0 Å². The van der Waals surface area contributed by atoms with Crippen molar-refractivity contribution in [2.24, 2.45) is 0 Å². The third kappa shape index (κ3) is 23.3. The maximum atomic E-state index is 13.4. The van der Waals surface area contributed by atoms with E-state index in [1.807, 2.05) is 116 Å². The van der Waals surface area contributed by atoms with Crippen LogP contribution in [0.2, 0.25) is 0 Å². The highest BCUT2D eigenvalue weighted by atomic mass is 32.2. The first-order chi connectivity index (χ1) is 62.4. The van der Waals surface area contributed by atoms with Crippen LogP contribution in [0.1, 0.15) is 237 Å². The number of nitrogens with one attached hydrogen (secondary N) is 1. The number of amides is 4. The number of halogens is 6. The summed E-state index contributed by atoms with van der Waals surface area (Å²) in [6, 6.07) is 78.8. The molecule has 12 aromatic rings. The molecule has 4 aliphatic rings. The van der Waals surface area contributed by atoms with Crippen LogP contribution in [0.3, 0.4) is 0 Å². The van der Waals surface area contributed by atoms with Gasteiger partial charge in [0.2, 0.25) is 0 Å². The zero-order chi connectivity index (χ0) is 95.3. The zero-order valence-electron chi connectivity index (χ0n) is 79.1. The van der Waals surface area contributed by atoms with Gasteiger partial charge >= 0.3 is 30.6 Å². The van der Waals surface area contributed by atoms with Crippen molar-refractivity contribution in [3.8, 4) is 44.5 Å². The van der Waals surface area contributed by atoms with Crippen LogP contribution >= 0.6 is 0 Å². The van der Waals surface area contributed by atoms with Gasteiger partial charge in [0.25, 0.3) is 10.2 Å². The number of carbonyl (C=O) groups is 3. The summed E-state index contributed by atoms with van der Waals surface area (Å²) in [4.78, 5) is 45.6. The van der Waals surface area contributed by atoms with E-state index in [1.54, 1.807) is 30.9 Å². The SMILES string of the molecule is Cc1cc(C2CN(Cc3cc(C)ccc3-c3cc(C(C)C)ccc3C)S(=O)(=O)N2)cc(C(F)(F)F)c1.Cc1cc(CN2CC(c3cc(C)ccc3-c3cc(C(C)C)ccc3C)OC2=O)cc(C(F)(F)F)c1.Cc1ccc(-c2cc(C(C)C)ccc2C)c(C2CN(Cc3ccccc3)C(=O)O2)c1.Cc1ccc(-c2cc(C(C)C)ccc2C)c(CN2C[C@@H](c3ccccc3)N(C)C2=O)c1. The summed E-state index contributed by atoms with van der Waals surface area (Å²) in [5.41, 5.74) is 29.7. The fourth-order valence-electron chi connectivity index (χ4n) is 17.9. The number of likely N-dealkylation sites (N-methyl/N-ethyl adjacent to an activating group) is 1. The monoisotopic (exact) mass is 1810 g/mol. The van der Waals surface area contributed by atoms with E-state index in [0.29, 0.717) is 72.1 Å². The lowest BCUT2D eigenvalue weighted by molar-refractivity contribution is -0.138. The summed E-state index contributed by atoms with van der Waals surface area (Å²) in [6.07, 6.45) is -10.5. The van der Waals surface area contributed by atoms with Crippen molar-refractivity contribution in [2.75, 3.05) is 33.2 Å². The van der Waals surface area contributed by atoms with Gasteiger partial charge in [0, 0.05) is 57.4 Å². The molecule has 3 unspecified atom stereocenters. The smallest absolute Gasteiger partial charge is 0.416 e. The van der Waals surface area contributed by atoms with Gasteiger partial charge in [0.1, 0.15) is 12.2 Å². The number of cyclic esters (lactones) is 2. The Morgan fingerprint density at radius 2 is 0.735 bits per heavy atom. The summed E-state index contributed by atoms with van der Waals surface area (Å²) >= 11 is 0. The van der Waals surface area contributed by atoms with Crippen molar-refractivity contribution in [3.05, 3.63) is 376 Å². The molecule has 0 bridgehead atoms. The number of hydrogen-bond acceptors (Lipinski definition) is 7. The average Bonchev–Trinajstić information content (AvgIpc) is 1.71. The van der Waals surface area contributed by atoms with Crippen molar-refractivity contribution < 1.29 is 58.6 Å². The first kappa shape index (κ1) is 97.4. The van der Waals surface area contributed by atoms with Gasteiger partial charge in [-0.2, -0.15) is 43.8 Å². The molecule has 0 spiro atoms. The quantitative estimate of drug-likeness (QED) is 0.0752. The Hall–Kier alpha value is -12.1. The van der Waals surface area contributed by atoms with Crippen molar-refractivity contribution in [2.45, 2.75) is 211 Å². The number of ether oxygens (including phenoxy) is 2. The van der Waals surface area contributed by atoms with E-state index in [2.05, 4.69) is 222 Å². The van der Waals surface area contributed by atoms with Crippen molar-refractivity contribution >= 4 is 28.4 Å². The molecule has 0 aliphatic carbocycles. The minimum absolute atomic E-state index is 0.0431. The second-order valence-electron chi connectivity index (χ2n) is 37.4. The van der Waals surface area contributed by atoms with E-state index in [0.717, 1.165) is 96.6 Å². The van der Waals surface area contributed by atoms with E-state index >= 15 is 0 Å². The molecule has 0 saturated carbocycles. The van der Waals surface area contributed by atoms with Gasteiger partial charge in [0.05, 0.1) is 36.3 Å². The molecule has 690 valence electrons. The Balaban J connectivity index is 0.000000150. The molecule has 4 atom stereocenters. The highest BCUT2D eigenvalue weighted by molar-refractivity contribution is 7.87. The van der Waals surface area contributed by atoms with Gasteiger partial charge in [-0.1, -0.05) is 307 Å². The Kier molecular flexibility index (Phi) is 30.2. The molecule has 12 aromatic carbocycles. The second-order valence-corrected chi connectivity index (χ2v) is 39.1. The molecular formula is C112H122F6N6O7S. The number of benzene rings is 12. The van der Waals surface area contributed by atoms with Crippen LogP contribution in [-0.4, -0.2) is 83.8 Å². The molecule has 20 heteroatoms. The minimum Gasteiger partial charge on any atom is -0.439 e. The van der Waals surface area contributed by atoms with Crippen LogP contribution in [0.4, 0.5) is 40.7 Å². The summed E-state index contributed by atoms with van der Waals surface area (Å²) in [6.45, 7) is 40.1. The largest absolute Gasteiger partial charge is 0.439 e. The highest BCUT2D eigenvalue weighted by Crippen LogP contribution is 2.44. The fourth-order valence-corrected chi connectivity index (χ4v) is 19.3. The van der Waals surface area contributed by atoms with Crippen LogP contribution in [0.5, 0.6) is 0 Å². The molecular weight excluding hydrogens is 1690 g/mol. The Labute approximate surface area is 776 Å². The van der Waals surface area contributed by atoms with Crippen LogP contribution in [0.15, 0.2) is 243 Å².